The Morgan fingerprint density at radius 1 is 1.10 bits per heavy atom. The van der Waals surface area contributed by atoms with Crippen LogP contribution in [0.1, 0.15) is 47.0 Å². The molecule has 3 atom stereocenters. The van der Waals surface area contributed by atoms with Crippen molar-refractivity contribution < 1.29 is 33.7 Å². The predicted molar refractivity (Wildman–Crippen MR) is 158 cm³/mol. The number of rotatable bonds is 11. The molecule has 1 saturated heterocycles. The van der Waals surface area contributed by atoms with Gasteiger partial charge in [0.25, 0.3) is 11.8 Å². The third-order valence-electron chi connectivity index (χ3n) is 6.72. The van der Waals surface area contributed by atoms with Crippen molar-refractivity contribution in [3.8, 4) is 5.75 Å². The second-order valence-electron chi connectivity index (χ2n) is 10.1. The van der Waals surface area contributed by atoms with Crippen LogP contribution in [0.3, 0.4) is 0 Å². The van der Waals surface area contributed by atoms with E-state index in [0.29, 0.717) is 28.3 Å². The van der Waals surface area contributed by atoms with Crippen molar-refractivity contribution in [1.29, 1.82) is 0 Å². The van der Waals surface area contributed by atoms with Crippen LogP contribution in [0, 0.1) is 0 Å². The Bertz CT molecular complexity index is 1430. The van der Waals surface area contributed by atoms with Gasteiger partial charge in [-0.05, 0) is 61.7 Å². The highest BCUT2D eigenvalue weighted by Crippen LogP contribution is 2.30. The third kappa shape index (κ3) is 7.41. The number of carbonyl (C=O) groups is 3. The first kappa shape index (κ1) is 31.3. The monoisotopic (exact) mass is 614 g/mol. The molecule has 3 amide bonds. The zero-order valence-corrected chi connectivity index (χ0v) is 24.9. The van der Waals surface area contributed by atoms with Crippen molar-refractivity contribution in [3.05, 3.63) is 99.0 Å². The molecule has 0 bridgehead atoms. The summed E-state index contributed by atoms with van der Waals surface area (Å²) in [5.74, 6) is -0.687. The predicted octanol–water partition coefficient (Wildman–Crippen LogP) is 5.35. The number of carbonyl (C=O) groups excluding carboxylic acids is 3. The van der Waals surface area contributed by atoms with Gasteiger partial charge in [-0.15, -0.1) is 0 Å². The number of hydrogen-bond donors (Lipinski definition) is 2. The second-order valence-corrected chi connectivity index (χ2v) is 10.9. The number of cyclic esters (lactones) is 1. The Kier molecular flexibility index (Phi) is 10.5. The maximum Gasteiger partial charge on any atom is 0.417 e. The lowest BCUT2D eigenvalue weighted by molar-refractivity contribution is -0.154. The summed E-state index contributed by atoms with van der Waals surface area (Å²) in [5, 5.41) is 14.8. The van der Waals surface area contributed by atoms with Gasteiger partial charge in [-0.3, -0.25) is 9.59 Å². The molecular weight excluding hydrogens is 583 g/mol. The molecule has 1 heterocycles. The Morgan fingerprint density at radius 2 is 1.83 bits per heavy atom. The first-order valence-corrected chi connectivity index (χ1v) is 14.1. The fraction of sp³-hybridized carbons (Fsp3) is 0.323. The minimum Gasteiger partial charge on any atom is -0.496 e. The highest BCUT2D eigenvalue weighted by molar-refractivity contribution is 6.36. The van der Waals surface area contributed by atoms with Crippen molar-refractivity contribution in [2.24, 2.45) is 0 Å². The topological polar surface area (TPSA) is 114 Å². The van der Waals surface area contributed by atoms with E-state index in [0.717, 1.165) is 10.5 Å². The molecule has 3 unspecified atom stereocenters. The molecule has 11 heteroatoms. The maximum atomic E-state index is 13.8. The molecule has 0 radical (unpaired) electrons. The zero-order chi connectivity index (χ0) is 30.4. The van der Waals surface area contributed by atoms with E-state index in [1.54, 1.807) is 38.1 Å². The normalized spacial score (nSPS) is 16.2. The molecule has 3 aromatic rings. The van der Waals surface area contributed by atoms with E-state index in [9.17, 15) is 19.5 Å². The molecule has 4 rings (SSSR count). The molecule has 222 valence electrons. The summed E-state index contributed by atoms with van der Waals surface area (Å²) >= 11 is 12.1. The summed E-state index contributed by atoms with van der Waals surface area (Å²) < 4.78 is 16.6. The van der Waals surface area contributed by atoms with Crippen LogP contribution in [0.25, 0.3) is 0 Å². The van der Waals surface area contributed by atoms with Crippen LogP contribution in [0.2, 0.25) is 10.0 Å². The van der Waals surface area contributed by atoms with E-state index in [-0.39, 0.29) is 23.7 Å². The summed E-state index contributed by atoms with van der Waals surface area (Å²) in [6, 6.07) is 18.3. The number of aliphatic hydroxyl groups excluding tert-OH is 1. The lowest BCUT2D eigenvalue weighted by Crippen LogP contribution is -2.49. The van der Waals surface area contributed by atoms with Crippen LogP contribution >= 0.6 is 23.2 Å². The second kappa shape index (κ2) is 14.0. The minimum absolute atomic E-state index is 0.0305. The highest BCUT2D eigenvalue weighted by atomic mass is 35.5. The average Bonchev–Trinajstić information content (AvgIpc) is 3.33. The first-order valence-electron chi connectivity index (χ1n) is 13.4. The summed E-state index contributed by atoms with van der Waals surface area (Å²) in [6.45, 7) is 3.53. The van der Waals surface area contributed by atoms with Gasteiger partial charge in [-0.2, -0.15) is 0 Å². The van der Waals surface area contributed by atoms with Crippen LogP contribution in [0.15, 0.2) is 66.7 Å². The van der Waals surface area contributed by atoms with Crippen LogP contribution in [-0.4, -0.2) is 59.9 Å². The van der Waals surface area contributed by atoms with Gasteiger partial charge < -0.3 is 24.6 Å². The van der Waals surface area contributed by atoms with Crippen molar-refractivity contribution in [3.63, 3.8) is 0 Å². The standard InChI is InChI=1S/C31H32Cl2N2O7/c1-18(2)42-28(30(38)35-23(17-41-31(35)39)13-19-7-5-4-6-8-19)27(36)20-9-12-26(40-3)21(14-20)16-34-29(37)24-11-10-22(32)15-25(24)33/h4-12,14-15,18,23,27-28,36H,13,16-17H2,1-3H3,(H,34,37). The number of halogens is 2. The molecule has 1 fully saturated rings. The number of methoxy groups -OCH3 is 1. The molecular formula is C31H32Cl2N2O7. The van der Waals surface area contributed by atoms with E-state index in [1.165, 1.54) is 19.2 Å². The van der Waals surface area contributed by atoms with Crippen LogP contribution in [-0.2, 0) is 27.2 Å². The zero-order valence-electron chi connectivity index (χ0n) is 23.4. The molecule has 42 heavy (non-hydrogen) atoms. The summed E-state index contributed by atoms with van der Waals surface area (Å²) in [4.78, 5) is 40.3. The first-order chi connectivity index (χ1) is 20.1. The Labute approximate surface area is 254 Å². The number of amides is 3. The molecule has 0 aliphatic carbocycles. The average molecular weight is 616 g/mol. The van der Waals surface area contributed by atoms with Crippen molar-refractivity contribution >= 4 is 41.1 Å². The lowest BCUT2D eigenvalue weighted by Gasteiger charge is -2.29. The van der Waals surface area contributed by atoms with Crippen molar-refractivity contribution in [2.45, 2.75) is 51.2 Å². The van der Waals surface area contributed by atoms with Crippen LogP contribution in [0.4, 0.5) is 4.79 Å². The number of imide groups is 1. The Morgan fingerprint density at radius 3 is 2.50 bits per heavy atom. The van der Waals surface area contributed by atoms with Crippen LogP contribution < -0.4 is 10.1 Å². The van der Waals surface area contributed by atoms with Gasteiger partial charge >= 0.3 is 6.09 Å². The molecule has 1 aliphatic rings. The molecule has 0 saturated carbocycles. The van der Waals surface area contributed by atoms with Gasteiger partial charge in [0.1, 0.15) is 18.5 Å². The summed E-state index contributed by atoms with van der Waals surface area (Å²) in [5.41, 5.74) is 2.04. The van der Waals surface area contributed by atoms with Gasteiger partial charge in [0.05, 0.1) is 29.8 Å². The van der Waals surface area contributed by atoms with E-state index in [2.05, 4.69) is 5.32 Å². The maximum absolute atomic E-state index is 13.8. The number of ether oxygens (including phenoxy) is 3. The van der Waals surface area contributed by atoms with Gasteiger partial charge in [-0.1, -0.05) is 59.6 Å². The lowest BCUT2D eigenvalue weighted by atomic mass is 9.99. The van der Waals surface area contributed by atoms with E-state index in [1.807, 2.05) is 30.3 Å². The highest BCUT2D eigenvalue weighted by Gasteiger charge is 2.44. The third-order valence-corrected chi connectivity index (χ3v) is 7.27. The van der Waals surface area contributed by atoms with Gasteiger partial charge in [-0.25, -0.2) is 9.69 Å². The SMILES string of the molecule is COc1ccc(C(O)C(OC(C)C)C(=O)N2C(=O)OCC2Cc2ccccc2)cc1CNC(=O)c1ccc(Cl)cc1Cl. The number of nitrogens with zero attached hydrogens (tertiary/aromatic N) is 1. The van der Waals surface area contributed by atoms with E-state index < -0.39 is 42.3 Å². The van der Waals surface area contributed by atoms with Crippen molar-refractivity contribution in [2.75, 3.05) is 13.7 Å². The van der Waals surface area contributed by atoms with Crippen molar-refractivity contribution in [1.82, 2.24) is 10.2 Å². The van der Waals surface area contributed by atoms with Gasteiger partial charge in [0.2, 0.25) is 0 Å². The van der Waals surface area contributed by atoms with E-state index in [4.69, 9.17) is 37.4 Å². The Hall–Kier alpha value is -3.63. The summed E-state index contributed by atoms with van der Waals surface area (Å²) in [6.07, 6.45) is -3.69. The fourth-order valence-corrected chi connectivity index (χ4v) is 5.20. The fourth-order valence-electron chi connectivity index (χ4n) is 4.70. The summed E-state index contributed by atoms with van der Waals surface area (Å²) in [7, 11) is 1.48. The van der Waals surface area contributed by atoms with Crippen LogP contribution in [0.5, 0.6) is 5.75 Å². The minimum atomic E-state index is -1.45. The number of nitrogens with one attached hydrogen (secondary N) is 1. The quantitative estimate of drug-likeness (QED) is 0.299. The molecule has 2 N–H and O–H groups in total. The molecule has 9 nitrogen and oxygen atoms in total. The number of hydrogen-bond acceptors (Lipinski definition) is 7. The smallest absolute Gasteiger partial charge is 0.417 e. The van der Waals surface area contributed by atoms with Gasteiger partial charge in [0.15, 0.2) is 6.10 Å². The molecule has 3 aromatic carbocycles. The molecule has 0 aromatic heterocycles. The molecule has 1 aliphatic heterocycles. The molecule has 0 spiro atoms. The Balaban J connectivity index is 1.56. The largest absolute Gasteiger partial charge is 0.496 e. The van der Waals surface area contributed by atoms with Gasteiger partial charge in [0, 0.05) is 17.1 Å². The number of benzene rings is 3. The van der Waals surface area contributed by atoms with E-state index >= 15 is 0 Å². The number of aliphatic hydroxyl groups is 1.